The van der Waals surface area contributed by atoms with Crippen molar-refractivity contribution < 1.29 is 23.8 Å². The van der Waals surface area contributed by atoms with E-state index in [1.807, 2.05) is 26.0 Å². The van der Waals surface area contributed by atoms with Crippen LogP contribution in [0.15, 0.2) is 47.4 Å². The summed E-state index contributed by atoms with van der Waals surface area (Å²) in [6.45, 7) is 6.15. The van der Waals surface area contributed by atoms with Crippen LogP contribution in [0.3, 0.4) is 0 Å². The molecule has 7 nitrogen and oxygen atoms in total. The Bertz CT molecular complexity index is 875. The number of hydrogen-bond donors (Lipinski definition) is 2. The molecular formula is C24H32N2O5S. The number of benzene rings is 2. The van der Waals surface area contributed by atoms with Gasteiger partial charge < -0.3 is 24.8 Å². The first-order valence-electron chi connectivity index (χ1n) is 10.8. The second-order valence-corrected chi connectivity index (χ2v) is 7.96. The molecule has 0 radical (unpaired) electrons. The van der Waals surface area contributed by atoms with Crippen LogP contribution in [-0.2, 0) is 9.53 Å². The molecule has 8 heteroatoms. The standard InChI is InChI=1S/C24H32N2O5S/c1-4-13-30-20-11-10-18(16-21(20)31-14-5-2)26-24(28)19-8-6-7-9-22(19)32-17-23(27)25-12-15-29-3/h6-11,16H,4-5,12-15,17H2,1-3H3,(H,25,27)(H,26,28). The fourth-order valence-corrected chi connectivity index (χ4v) is 3.59. The molecule has 2 N–H and O–H groups in total. The highest BCUT2D eigenvalue weighted by Gasteiger charge is 2.15. The van der Waals surface area contributed by atoms with E-state index in [2.05, 4.69) is 10.6 Å². The Hall–Kier alpha value is -2.71. The van der Waals surface area contributed by atoms with Gasteiger partial charge in [0.2, 0.25) is 5.91 Å². The minimum Gasteiger partial charge on any atom is -0.490 e. The molecule has 0 atom stereocenters. The Morgan fingerprint density at radius 1 is 0.938 bits per heavy atom. The number of carbonyl (C=O) groups excluding carboxylic acids is 2. The highest BCUT2D eigenvalue weighted by Crippen LogP contribution is 2.31. The number of amides is 2. The van der Waals surface area contributed by atoms with Gasteiger partial charge in [0.05, 0.1) is 31.1 Å². The second-order valence-electron chi connectivity index (χ2n) is 6.94. The number of nitrogens with one attached hydrogen (secondary N) is 2. The molecule has 174 valence electrons. The third kappa shape index (κ3) is 8.43. The van der Waals surface area contributed by atoms with E-state index in [1.165, 1.54) is 11.8 Å². The van der Waals surface area contributed by atoms with Crippen molar-refractivity contribution in [2.24, 2.45) is 0 Å². The quantitative estimate of drug-likeness (QED) is 0.322. The van der Waals surface area contributed by atoms with Gasteiger partial charge in [0.15, 0.2) is 11.5 Å². The molecule has 2 rings (SSSR count). The topological polar surface area (TPSA) is 85.9 Å². The number of carbonyl (C=O) groups is 2. The third-order valence-corrected chi connectivity index (χ3v) is 5.32. The zero-order valence-corrected chi connectivity index (χ0v) is 19.8. The van der Waals surface area contributed by atoms with Crippen molar-refractivity contribution in [3.63, 3.8) is 0 Å². The zero-order valence-electron chi connectivity index (χ0n) is 18.9. The largest absolute Gasteiger partial charge is 0.490 e. The van der Waals surface area contributed by atoms with Gasteiger partial charge in [0, 0.05) is 30.3 Å². The van der Waals surface area contributed by atoms with E-state index in [1.54, 1.807) is 37.4 Å². The van der Waals surface area contributed by atoms with Gasteiger partial charge in [-0.2, -0.15) is 0 Å². The third-order valence-electron chi connectivity index (χ3n) is 4.24. The summed E-state index contributed by atoms with van der Waals surface area (Å²) in [5, 5.41) is 5.70. The highest BCUT2D eigenvalue weighted by atomic mass is 32.2. The number of thioether (sulfide) groups is 1. The maximum absolute atomic E-state index is 13.0. The van der Waals surface area contributed by atoms with Crippen LogP contribution in [0, 0.1) is 0 Å². The Kier molecular flexibility index (Phi) is 11.5. The van der Waals surface area contributed by atoms with Crippen LogP contribution in [0.1, 0.15) is 37.0 Å². The molecule has 32 heavy (non-hydrogen) atoms. The van der Waals surface area contributed by atoms with Crippen LogP contribution >= 0.6 is 11.8 Å². The van der Waals surface area contributed by atoms with E-state index in [-0.39, 0.29) is 17.6 Å². The van der Waals surface area contributed by atoms with Crippen molar-refractivity contribution in [1.29, 1.82) is 0 Å². The Morgan fingerprint density at radius 2 is 1.66 bits per heavy atom. The first-order chi connectivity index (χ1) is 15.6. The van der Waals surface area contributed by atoms with Gasteiger partial charge in [-0.05, 0) is 37.1 Å². The first-order valence-corrected chi connectivity index (χ1v) is 11.8. The van der Waals surface area contributed by atoms with E-state index >= 15 is 0 Å². The van der Waals surface area contributed by atoms with E-state index in [4.69, 9.17) is 14.2 Å². The molecular weight excluding hydrogens is 428 g/mol. The number of hydrogen-bond acceptors (Lipinski definition) is 6. The van der Waals surface area contributed by atoms with E-state index in [0.717, 1.165) is 17.7 Å². The molecule has 2 aromatic rings. The predicted octanol–water partition coefficient (Wildman–Crippen LogP) is 4.37. The van der Waals surface area contributed by atoms with Crippen molar-refractivity contribution in [2.75, 3.05) is 44.5 Å². The lowest BCUT2D eigenvalue weighted by Crippen LogP contribution is -2.28. The summed E-state index contributed by atoms with van der Waals surface area (Å²) in [5.74, 6) is 1.12. The SMILES string of the molecule is CCCOc1ccc(NC(=O)c2ccccc2SCC(=O)NCCOC)cc1OCCC. The lowest BCUT2D eigenvalue weighted by Gasteiger charge is -2.15. The van der Waals surface area contributed by atoms with Gasteiger partial charge in [-0.25, -0.2) is 0 Å². The van der Waals surface area contributed by atoms with Gasteiger partial charge in [-0.15, -0.1) is 11.8 Å². The molecule has 0 aliphatic heterocycles. The average molecular weight is 461 g/mol. The molecule has 2 amide bonds. The summed E-state index contributed by atoms with van der Waals surface area (Å²) in [6, 6.07) is 12.6. The molecule has 2 aromatic carbocycles. The zero-order chi connectivity index (χ0) is 23.2. The van der Waals surface area contributed by atoms with Crippen molar-refractivity contribution >= 4 is 29.3 Å². The molecule has 0 bridgehead atoms. The normalized spacial score (nSPS) is 10.5. The van der Waals surface area contributed by atoms with Crippen molar-refractivity contribution in [1.82, 2.24) is 5.32 Å². The van der Waals surface area contributed by atoms with Gasteiger partial charge in [-0.3, -0.25) is 9.59 Å². The highest BCUT2D eigenvalue weighted by molar-refractivity contribution is 8.00. The van der Waals surface area contributed by atoms with Gasteiger partial charge >= 0.3 is 0 Å². The second kappa shape index (κ2) is 14.4. The summed E-state index contributed by atoms with van der Waals surface area (Å²) in [5.41, 5.74) is 1.12. The number of ether oxygens (including phenoxy) is 3. The van der Waals surface area contributed by atoms with Crippen molar-refractivity contribution in [3.05, 3.63) is 48.0 Å². The molecule has 0 aliphatic carbocycles. The van der Waals surface area contributed by atoms with Gasteiger partial charge in [-0.1, -0.05) is 26.0 Å². The fraction of sp³-hybridized carbons (Fsp3) is 0.417. The van der Waals surface area contributed by atoms with Crippen LogP contribution in [-0.4, -0.2) is 51.0 Å². The molecule has 0 unspecified atom stereocenters. The van der Waals surface area contributed by atoms with Crippen LogP contribution in [0.25, 0.3) is 0 Å². The summed E-state index contributed by atoms with van der Waals surface area (Å²) >= 11 is 1.32. The first kappa shape index (κ1) is 25.5. The summed E-state index contributed by atoms with van der Waals surface area (Å²) in [7, 11) is 1.58. The fourth-order valence-electron chi connectivity index (χ4n) is 2.71. The molecule has 0 heterocycles. The summed E-state index contributed by atoms with van der Waals surface area (Å²) in [4.78, 5) is 25.7. The number of methoxy groups -OCH3 is 1. The van der Waals surface area contributed by atoms with Gasteiger partial charge in [0.1, 0.15) is 0 Å². The summed E-state index contributed by atoms with van der Waals surface area (Å²) < 4.78 is 16.5. The number of rotatable bonds is 14. The van der Waals surface area contributed by atoms with E-state index < -0.39 is 0 Å². The Labute approximate surface area is 194 Å². The molecule has 0 aromatic heterocycles. The minimum atomic E-state index is -0.253. The maximum Gasteiger partial charge on any atom is 0.256 e. The molecule has 0 saturated heterocycles. The van der Waals surface area contributed by atoms with Crippen LogP contribution in [0.2, 0.25) is 0 Å². The van der Waals surface area contributed by atoms with Crippen LogP contribution in [0.5, 0.6) is 11.5 Å². The average Bonchev–Trinajstić information content (AvgIpc) is 2.81. The van der Waals surface area contributed by atoms with Crippen molar-refractivity contribution in [2.45, 2.75) is 31.6 Å². The van der Waals surface area contributed by atoms with Crippen molar-refractivity contribution in [3.8, 4) is 11.5 Å². The number of anilines is 1. The lowest BCUT2D eigenvalue weighted by atomic mass is 10.2. The summed E-state index contributed by atoms with van der Waals surface area (Å²) in [6.07, 6.45) is 1.76. The minimum absolute atomic E-state index is 0.109. The Morgan fingerprint density at radius 3 is 2.38 bits per heavy atom. The predicted molar refractivity (Wildman–Crippen MR) is 128 cm³/mol. The molecule has 0 aliphatic rings. The molecule has 0 spiro atoms. The molecule has 0 fully saturated rings. The van der Waals surface area contributed by atoms with Crippen LogP contribution < -0.4 is 20.1 Å². The van der Waals surface area contributed by atoms with E-state index in [0.29, 0.717) is 49.1 Å². The smallest absolute Gasteiger partial charge is 0.256 e. The van der Waals surface area contributed by atoms with Crippen LogP contribution in [0.4, 0.5) is 5.69 Å². The monoisotopic (exact) mass is 460 g/mol. The Balaban J connectivity index is 2.07. The maximum atomic E-state index is 13.0. The molecule has 0 saturated carbocycles. The lowest BCUT2D eigenvalue weighted by molar-refractivity contribution is -0.118. The van der Waals surface area contributed by atoms with E-state index in [9.17, 15) is 9.59 Å². The van der Waals surface area contributed by atoms with Gasteiger partial charge in [0.25, 0.3) is 5.91 Å².